The second-order valence-corrected chi connectivity index (χ2v) is 6.06. The molecule has 1 aliphatic heterocycles. The maximum absolute atomic E-state index is 13.0. The third-order valence-corrected chi connectivity index (χ3v) is 4.07. The Morgan fingerprint density at radius 1 is 1.19 bits per heavy atom. The summed E-state index contributed by atoms with van der Waals surface area (Å²) in [5.74, 6) is 0.985. The molecule has 2 aromatic carbocycles. The van der Waals surface area contributed by atoms with Crippen molar-refractivity contribution < 1.29 is 23.2 Å². The minimum absolute atomic E-state index is 0.111. The van der Waals surface area contributed by atoms with Gasteiger partial charge in [-0.3, -0.25) is 4.79 Å². The lowest BCUT2D eigenvalue weighted by Gasteiger charge is -2.26. The molecule has 3 aromatic rings. The summed E-state index contributed by atoms with van der Waals surface area (Å²) < 4.78 is 29.5. The number of para-hydroxylation sites is 2. The van der Waals surface area contributed by atoms with Crippen molar-refractivity contribution in [1.29, 1.82) is 0 Å². The molecule has 0 saturated heterocycles. The van der Waals surface area contributed by atoms with Crippen LogP contribution in [0.3, 0.4) is 0 Å². The molecule has 2 heterocycles. The molecule has 7 nitrogen and oxygen atoms in total. The zero-order chi connectivity index (χ0) is 18.8. The Bertz CT molecular complexity index is 958. The standard InChI is InChI=1S/C19H16FN3O4/c1-11(19-22-17(23-27-19)12-6-8-13(20)9-7-12)21-18(24)16-10-25-14-4-2-3-5-15(14)26-16/h2-9,11,16H,10H2,1H3,(H,21,24)/t11-,16-/m1/s1. The smallest absolute Gasteiger partial charge is 0.265 e. The van der Waals surface area contributed by atoms with Crippen LogP contribution in [-0.2, 0) is 4.79 Å². The van der Waals surface area contributed by atoms with E-state index in [0.29, 0.717) is 22.9 Å². The highest BCUT2D eigenvalue weighted by Gasteiger charge is 2.29. The van der Waals surface area contributed by atoms with Crippen molar-refractivity contribution >= 4 is 5.91 Å². The van der Waals surface area contributed by atoms with Gasteiger partial charge in [-0.2, -0.15) is 4.98 Å². The average Bonchev–Trinajstić information content (AvgIpc) is 3.18. The number of hydrogen-bond acceptors (Lipinski definition) is 6. The largest absolute Gasteiger partial charge is 0.485 e. The van der Waals surface area contributed by atoms with Crippen LogP contribution in [0.15, 0.2) is 53.1 Å². The van der Waals surface area contributed by atoms with Gasteiger partial charge < -0.3 is 19.3 Å². The van der Waals surface area contributed by atoms with Crippen molar-refractivity contribution in [2.75, 3.05) is 6.61 Å². The van der Waals surface area contributed by atoms with E-state index in [4.69, 9.17) is 14.0 Å². The summed E-state index contributed by atoms with van der Waals surface area (Å²) in [6, 6.07) is 12.4. The summed E-state index contributed by atoms with van der Waals surface area (Å²) in [4.78, 5) is 16.7. The normalized spacial score (nSPS) is 16.6. The molecule has 27 heavy (non-hydrogen) atoms. The number of aromatic nitrogens is 2. The minimum atomic E-state index is -0.776. The maximum Gasteiger partial charge on any atom is 0.265 e. The molecule has 1 amide bonds. The quantitative estimate of drug-likeness (QED) is 0.761. The number of ether oxygens (including phenoxy) is 2. The molecule has 1 N–H and O–H groups in total. The molecule has 0 spiro atoms. The van der Waals surface area contributed by atoms with E-state index in [1.807, 2.05) is 6.07 Å². The fourth-order valence-corrected chi connectivity index (χ4v) is 2.64. The number of amides is 1. The number of rotatable bonds is 4. The molecule has 1 aliphatic rings. The number of carbonyl (C=O) groups is 1. The van der Waals surface area contributed by atoms with E-state index in [1.165, 1.54) is 12.1 Å². The highest BCUT2D eigenvalue weighted by Crippen LogP contribution is 2.31. The Balaban J connectivity index is 1.41. The molecule has 0 fully saturated rings. The van der Waals surface area contributed by atoms with Gasteiger partial charge in [-0.15, -0.1) is 0 Å². The SMILES string of the molecule is C[C@@H](NC(=O)[C@H]1COc2ccccc2O1)c1nc(-c2ccc(F)cc2)no1. The van der Waals surface area contributed by atoms with Gasteiger partial charge in [-0.05, 0) is 43.3 Å². The first-order valence-corrected chi connectivity index (χ1v) is 8.38. The van der Waals surface area contributed by atoms with Crippen molar-refractivity contribution in [3.05, 3.63) is 60.2 Å². The number of fused-ring (bicyclic) bond motifs is 1. The van der Waals surface area contributed by atoms with Crippen LogP contribution in [0.25, 0.3) is 11.4 Å². The Labute approximate surface area is 154 Å². The number of halogens is 1. The number of hydrogen-bond donors (Lipinski definition) is 1. The Morgan fingerprint density at radius 2 is 1.93 bits per heavy atom. The van der Waals surface area contributed by atoms with Gasteiger partial charge in [0.25, 0.3) is 5.91 Å². The summed E-state index contributed by atoms with van der Waals surface area (Å²) in [6.07, 6.45) is -0.776. The molecule has 8 heteroatoms. The molecular weight excluding hydrogens is 353 g/mol. The van der Waals surface area contributed by atoms with Crippen LogP contribution in [0.4, 0.5) is 4.39 Å². The summed E-state index contributed by atoms with van der Waals surface area (Å²) in [6.45, 7) is 1.83. The molecule has 1 aromatic heterocycles. The van der Waals surface area contributed by atoms with Crippen molar-refractivity contribution in [3.63, 3.8) is 0 Å². The lowest BCUT2D eigenvalue weighted by Crippen LogP contribution is -2.44. The maximum atomic E-state index is 13.0. The average molecular weight is 369 g/mol. The van der Waals surface area contributed by atoms with Crippen molar-refractivity contribution in [2.45, 2.75) is 19.1 Å². The van der Waals surface area contributed by atoms with Gasteiger partial charge in [-0.25, -0.2) is 4.39 Å². The van der Waals surface area contributed by atoms with Gasteiger partial charge >= 0.3 is 0 Å². The van der Waals surface area contributed by atoms with E-state index in [0.717, 1.165) is 0 Å². The lowest BCUT2D eigenvalue weighted by atomic mass is 10.2. The van der Waals surface area contributed by atoms with E-state index in [9.17, 15) is 9.18 Å². The molecular formula is C19H16FN3O4. The topological polar surface area (TPSA) is 86.5 Å². The van der Waals surface area contributed by atoms with E-state index < -0.39 is 12.1 Å². The van der Waals surface area contributed by atoms with Gasteiger partial charge in [0.2, 0.25) is 17.8 Å². The fourth-order valence-electron chi connectivity index (χ4n) is 2.64. The zero-order valence-corrected chi connectivity index (χ0v) is 14.4. The van der Waals surface area contributed by atoms with Crippen molar-refractivity contribution in [3.8, 4) is 22.9 Å². The monoisotopic (exact) mass is 369 g/mol. The summed E-state index contributed by atoms with van der Waals surface area (Å²) in [7, 11) is 0. The lowest BCUT2D eigenvalue weighted by molar-refractivity contribution is -0.131. The number of carbonyl (C=O) groups excluding carboxylic acids is 1. The van der Waals surface area contributed by atoms with Crippen molar-refractivity contribution in [2.24, 2.45) is 0 Å². The Hall–Kier alpha value is -3.42. The first kappa shape index (κ1) is 17.0. The fraction of sp³-hybridized carbons (Fsp3) is 0.211. The predicted octanol–water partition coefficient (Wildman–Crippen LogP) is 2.89. The molecule has 138 valence electrons. The van der Waals surface area contributed by atoms with Crippen molar-refractivity contribution in [1.82, 2.24) is 15.5 Å². The summed E-state index contributed by atoms with van der Waals surface area (Å²) in [5, 5.41) is 6.64. The molecule has 0 saturated carbocycles. The number of nitrogens with one attached hydrogen (secondary N) is 1. The second kappa shape index (κ2) is 7.06. The zero-order valence-electron chi connectivity index (χ0n) is 14.4. The van der Waals surface area contributed by atoms with Gasteiger partial charge in [-0.1, -0.05) is 17.3 Å². The van der Waals surface area contributed by atoms with E-state index in [1.54, 1.807) is 37.3 Å². The third-order valence-electron chi connectivity index (χ3n) is 4.07. The van der Waals surface area contributed by atoms with Gasteiger partial charge in [0, 0.05) is 5.56 Å². The van der Waals surface area contributed by atoms with Crippen LogP contribution < -0.4 is 14.8 Å². The first-order chi connectivity index (χ1) is 13.1. The van der Waals surface area contributed by atoms with Crippen LogP contribution in [0.2, 0.25) is 0 Å². The highest BCUT2D eigenvalue weighted by atomic mass is 19.1. The summed E-state index contributed by atoms with van der Waals surface area (Å²) in [5.41, 5.74) is 0.616. The third kappa shape index (κ3) is 3.59. The molecule has 0 aliphatic carbocycles. The van der Waals surface area contributed by atoms with Crippen LogP contribution in [0.5, 0.6) is 11.5 Å². The van der Waals surface area contributed by atoms with Crippen LogP contribution >= 0.6 is 0 Å². The van der Waals surface area contributed by atoms with Crippen LogP contribution in [-0.4, -0.2) is 28.8 Å². The Kier molecular flexibility index (Phi) is 4.45. The minimum Gasteiger partial charge on any atom is -0.485 e. The van der Waals surface area contributed by atoms with Gasteiger partial charge in [0.15, 0.2) is 11.5 Å². The van der Waals surface area contributed by atoms with Crippen LogP contribution in [0.1, 0.15) is 18.9 Å². The van der Waals surface area contributed by atoms with E-state index >= 15 is 0 Å². The summed E-state index contributed by atoms with van der Waals surface area (Å²) >= 11 is 0. The highest BCUT2D eigenvalue weighted by molar-refractivity contribution is 5.82. The molecule has 2 atom stereocenters. The second-order valence-electron chi connectivity index (χ2n) is 6.06. The predicted molar refractivity (Wildman–Crippen MR) is 92.6 cm³/mol. The molecule has 0 radical (unpaired) electrons. The number of nitrogens with zero attached hydrogens (tertiary/aromatic N) is 2. The van der Waals surface area contributed by atoms with E-state index in [2.05, 4.69) is 15.5 Å². The molecule has 0 bridgehead atoms. The molecule has 4 rings (SSSR count). The van der Waals surface area contributed by atoms with Crippen LogP contribution in [0, 0.1) is 5.82 Å². The Morgan fingerprint density at radius 3 is 2.70 bits per heavy atom. The van der Waals surface area contributed by atoms with Gasteiger partial charge in [0.1, 0.15) is 18.5 Å². The van der Waals surface area contributed by atoms with Gasteiger partial charge in [0.05, 0.1) is 0 Å². The van der Waals surface area contributed by atoms with E-state index in [-0.39, 0.29) is 24.2 Å². The number of benzene rings is 2. The first-order valence-electron chi connectivity index (χ1n) is 8.38. The molecule has 0 unspecified atom stereocenters.